The van der Waals surface area contributed by atoms with Gasteiger partial charge in [0.25, 0.3) is 5.91 Å². The number of carbonyl (C=O) groups excluding carboxylic acids is 3. The number of hydrogen-bond donors (Lipinski definition) is 1. The van der Waals surface area contributed by atoms with Crippen LogP contribution >= 0.6 is 0 Å². The van der Waals surface area contributed by atoms with Gasteiger partial charge < -0.3 is 28.7 Å². The molecule has 0 atom stereocenters. The van der Waals surface area contributed by atoms with Gasteiger partial charge in [-0.05, 0) is 24.3 Å². The average molecular weight is 361 g/mol. The molecular formula is C17H15NO8. The topological polar surface area (TPSA) is 113 Å². The third kappa shape index (κ3) is 3.77. The second-order valence-corrected chi connectivity index (χ2v) is 5.16. The number of esters is 2. The standard InChI is InChI=1S/C17H15NO8/c1-22-17(21)11-4-5-23-14(11)8-24-15(19)7-18-16(20)10-2-3-12-13(6-10)26-9-25-12/h2-6H,7-9H2,1H3,(H,18,20). The lowest BCUT2D eigenvalue weighted by Gasteiger charge is -2.07. The van der Waals surface area contributed by atoms with Crippen molar-refractivity contribution in [1.82, 2.24) is 5.32 Å². The van der Waals surface area contributed by atoms with Gasteiger partial charge in [-0.2, -0.15) is 0 Å². The fourth-order valence-electron chi connectivity index (χ4n) is 2.23. The lowest BCUT2D eigenvalue weighted by molar-refractivity contribution is -0.144. The first-order chi connectivity index (χ1) is 12.6. The molecule has 0 bridgehead atoms. The minimum Gasteiger partial charge on any atom is -0.465 e. The van der Waals surface area contributed by atoms with Crippen LogP contribution in [0.1, 0.15) is 26.5 Å². The zero-order valence-corrected chi connectivity index (χ0v) is 13.8. The van der Waals surface area contributed by atoms with E-state index in [4.69, 9.17) is 18.6 Å². The third-order valence-electron chi connectivity index (χ3n) is 3.54. The first-order valence-electron chi connectivity index (χ1n) is 7.56. The van der Waals surface area contributed by atoms with Gasteiger partial charge in [0.15, 0.2) is 17.3 Å². The molecule has 9 heteroatoms. The van der Waals surface area contributed by atoms with Crippen molar-refractivity contribution in [3.63, 3.8) is 0 Å². The van der Waals surface area contributed by atoms with E-state index in [0.717, 1.165) is 0 Å². The van der Waals surface area contributed by atoms with Crippen molar-refractivity contribution in [3.8, 4) is 11.5 Å². The van der Waals surface area contributed by atoms with Gasteiger partial charge >= 0.3 is 11.9 Å². The minimum atomic E-state index is -0.689. The van der Waals surface area contributed by atoms with Crippen molar-refractivity contribution in [2.75, 3.05) is 20.4 Å². The van der Waals surface area contributed by atoms with E-state index in [-0.39, 0.29) is 31.3 Å². The zero-order chi connectivity index (χ0) is 18.5. The van der Waals surface area contributed by atoms with Crippen molar-refractivity contribution in [2.45, 2.75) is 6.61 Å². The molecule has 1 amide bonds. The molecule has 0 unspecified atom stereocenters. The first kappa shape index (κ1) is 17.3. The minimum absolute atomic E-state index is 0.104. The maximum atomic E-state index is 12.1. The Hall–Kier alpha value is -3.49. The van der Waals surface area contributed by atoms with Crippen molar-refractivity contribution in [3.05, 3.63) is 47.4 Å². The van der Waals surface area contributed by atoms with Crippen LogP contribution in [0.4, 0.5) is 0 Å². The molecule has 0 spiro atoms. The summed E-state index contributed by atoms with van der Waals surface area (Å²) in [4.78, 5) is 35.3. The number of carbonyl (C=O) groups is 3. The lowest BCUT2D eigenvalue weighted by atomic mass is 10.2. The number of ether oxygens (including phenoxy) is 4. The van der Waals surface area contributed by atoms with Crippen LogP contribution in [-0.4, -0.2) is 38.3 Å². The monoisotopic (exact) mass is 361 g/mol. The van der Waals surface area contributed by atoms with Gasteiger partial charge in [0, 0.05) is 5.56 Å². The first-order valence-corrected chi connectivity index (χ1v) is 7.56. The quantitative estimate of drug-likeness (QED) is 0.765. The molecule has 1 aliphatic rings. The second-order valence-electron chi connectivity index (χ2n) is 5.16. The SMILES string of the molecule is COC(=O)c1ccoc1COC(=O)CNC(=O)c1ccc2c(c1)OCO2. The molecule has 0 aliphatic carbocycles. The molecule has 2 aromatic rings. The number of amides is 1. The molecule has 0 radical (unpaired) electrons. The molecule has 9 nitrogen and oxygen atoms in total. The largest absolute Gasteiger partial charge is 0.465 e. The van der Waals surface area contributed by atoms with E-state index in [1.807, 2.05) is 0 Å². The van der Waals surface area contributed by atoms with Crippen LogP contribution in [0.3, 0.4) is 0 Å². The van der Waals surface area contributed by atoms with Gasteiger partial charge in [0.05, 0.1) is 13.4 Å². The summed E-state index contributed by atoms with van der Waals surface area (Å²) in [5.41, 5.74) is 0.491. The molecule has 0 saturated heterocycles. The van der Waals surface area contributed by atoms with E-state index in [2.05, 4.69) is 10.1 Å². The summed E-state index contributed by atoms with van der Waals surface area (Å²) in [5.74, 6) is -0.567. The Labute approximate surface area is 147 Å². The van der Waals surface area contributed by atoms with Gasteiger partial charge in [-0.3, -0.25) is 9.59 Å². The summed E-state index contributed by atoms with van der Waals surface area (Å²) in [6.45, 7) is -0.495. The highest BCUT2D eigenvalue weighted by Crippen LogP contribution is 2.32. The highest BCUT2D eigenvalue weighted by atomic mass is 16.7. The summed E-state index contributed by atoms with van der Waals surface area (Å²) < 4.78 is 25.0. The maximum absolute atomic E-state index is 12.1. The van der Waals surface area contributed by atoms with Crippen LogP contribution < -0.4 is 14.8 Å². The van der Waals surface area contributed by atoms with Gasteiger partial charge in [-0.15, -0.1) is 0 Å². The number of fused-ring (bicyclic) bond motifs is 1. The van der Waals surface area contributed by atoms with Gasteiger partial charge in [0.1, 0.15) is 18.7 Å². The number of hydrogen-bond acceptors (Lipinski definition) is 8. The summed E-state index contributed by atoms with van der Waals surface area (Å²) >= 11 is 0. The Morgan fingerprint density at radius 2 is 1.96 bits per heavy atom. The predicted octanol–water partition coefficient (Wildman–Crippen LogP) is 1.27. The molecule has 0 fully saturated rings. The molecule has 26 heavy (non-hydrogen) atoms. The normalized spacial score (nSPS) is 11.7. The van der Waals surface area contributed by atoms with Crippen molar-refractivity contribution < 1.29 is 37.7 Å². The average Bonchev–Trinajstić information content (AvgIpc) is 3.31. The summed E-state index contributed by atoms with van der Waals surface area (Å²) in [6, 6.07) is 6.10. The Bertz CT molecular complexity index is 841. The number of nitrogens with one attached hydrogen (secondary N) is 1. The summed E-state index contributed by atoms with van der Waals surface area (Å²) in [7, 11) is 1.23. The predicted molar refractivity (Wildman–Crippen MR) is 84.7 cm³/mol. The third-order valence-corrected chi connectivity index (χ3v) is 3.54. The van der Waals surface area contributed by atoms with Crippen LogP contribution in [0.15, 0.2) is 34.9 Å². The van der Waals surface area contributed by atoms with E-state index in [9.17, 15) is 14.4 Å². The lowest BCUT2D eigenvalue weighted by Crippen LogP contribution is -2.30. The molecule has 0 saturated carbocycles. The fraction of sp³-hybridized carbons (Fsp3) is 0.235. The van der Waals surface area contributed by atoms with Crippen LogP contribution in [0.2, 0.25) is 0 Å². The number of benzene rings is 1. The van der Waals surface area contributed by atoms with Crippen LogP contribution in [0.25, 0.3) is 0 Å². The Balaban J connectivity index is 1.49. The van der Waals surface area contributed by atoms with E-state index < -0.39 is 17.8 Å². The second kappa shape index (κ2) is 7.60. The van der Waals surface area contributed by atoms with E-state index in [1.165, 1.54) is 25.5 Å². The zero-order valence-electron chi connectivity index (χ0n) is 13.8. The van der Waals surface area contributed by atoms with Gasteiger partial charge in [-0.1, -0.05) is 0 Å². The van der Waals surface area contributed by atoms with E-state index in [1.54, 1.807) is 12.1 Å². The summed E-state index contributed by atoms with van der Waals surface area (Å²) in [6.07, 6.45) is 1.29. The van der Waals surface area contributed by atoms with E-state index >= 15 is 0 Å². The van der Waals surface area contributed by atoms with Gasteiger partial charge in [-0.25, -0.2) is 4.79 Å². The Kier molecular flexibility index (Phi) is 5.07. The van der Waals surface area contributed by atoms with Crippen molar-refractivity contribution in [1.29, 1.82) is 0 Å². The molecule has 1 aliphatic heterocycles. The van der Waals surface area contributed by atoms with Crippen LogP contribution in [0, 0.1) is 0 Å². The van der Waals surface area contributed by atoms with Crippen molar-refractivity contribution in [2.24, 2.45) is 0 Å². The smallest absolute Gasteiger partial charge is 0.341 e. The number of methoxy groups -OCH3 is 1. The molecule has 136 valence electrons. The van der Waals surface area contributed by atoms with Crippen LogP contribution in [0.5, 0.6) is 11.5 Å². The molecular weight excluding hydrogens is 346 g/mol. The molecule has 1 aromatic heterocycles. The number of rotatable bonds is 6. The van der Waals surface area contributed by atoms with E-state index in [0.29, 0.717) is 17.1 Å². The molecule has 1 aromatic carbocycles. The maximum Gasteiger partial charge on any atom is 0.341 e. The van der Waals surface area contributed by atoms with Gasteiger partial charge in [0.2, 0.25) is 6.79 Å². The highest BCUT2D eigenvalue weighted by Gasteiger charge is 2.18. The Morgan fingerprint density at radius 1 is 1.15 bits per heavy atom. The molecule has 1 N–H and O–H groups in total. The Morgan fingerprint density at radius 3 is 2.77 bits per heavy atom. The fourth-order valence-corrected chi connectivity index (χ4v) is 2.23. The molecule has 2 heterocycles. The number of furan rings is 1. The van der Waals surface area contributed by atoms with Crippen molar-refractivity contribution >= 4 is 17.8 Å². The highest BCUT2D eigenvalue weighted by molar-refractivity contribution is 5.96. The molecule has 3 rings (SSSR count). The van der Waals surface area contributed by atoms with Crippen LogP contribution in [-0.2, 0) is 20.9 Å². The summed E-state index contributed by atoms with van der Waals surface area (Å²) in [5, 5.41) is 2.44.